The Morgan fingerprint density at radius 2 is 2.10 bits per heavy atom. The third-order valence-electron chi connectivity index (χ3n) is 3.77. The quantitative estimate of drug-likeness (QED) is 0.941. The number of aromatic hydroxyl groups is 1. The molecular weight excluding hydrogens is 266 g/mol. The van der Waals surface area contributed by atoms with E-state index in [9.17, 15) is 5.11 Å². The standard InChI is InChI=1S/C17H19NO3/c1-18-11-14(9-12-5-3-4-6-16(12)20-2)21-17-10-13(19)7-8-15(17)18/h3-8,10,14,19H,9,11H2,1-2H3. The molecule has 4 nitrogen and oxygen atoms in total. The zero-order valence-corrected chi connectivity index (χ0v) is 12.2. The highest BCUT2D eigenvalue weighted by Crippen LogP contribution is 2.36. The Balaban J connectivity index is 1.82. The normalized spacial score (nSPS) is 17.0. The lowest BCUT2D eigenvalue weighted by Crippen LogP contribution is -2.39. The number of hydrogen-bond acceptors (Lipinski definition) is 4. The van der Waals surface area contributed by atoms with Crippen LogP contribution in [-0.2, 0) is 6.42 Å². The summed E-state index contributed by atoms with van der Waals surface area (Å²) >= 11 is 0. The average Bonchev–Trinajstić information content (AvgIpc) is 2.47. The molecule has 21 heavy (non-hydrogen) atoms. The van der Waals surface area contributed by atoms with Crippen LogP contribution in [-0.4, -0.2) is 31.9 Å². The van der Waals surface area contributed by atoms with Crippen LogP contribution in [0.3, 0.4) is 0 Å². The first-order valence-electron chi connectivity index (χ1n) is 7.00. The Morgan fingerprint density at radius 1 is 1.29 bits per heavy atom. The van der Waals surface area contributed by atoms with E-state index in [1.165, 1.54) is 0 Å². The zero-order chi connectivity index (χ0) is 14.8. The lowest BCUT2D eigenvalue weighted by Gasteiger charge is -2.34. The molecule has 2 aromatic rings. The van der Waals surface area contributed by atoms with Gasteiger partial charge in [0.05, 0.1) is 19.3 Å². The summed E-state index contributed by atoms with van der Waals surface area (Å²) in [5.41, 5.74) is 2.13. The van der Waals surface area contributed by atoms with Crippen LogP contribution in [0.1, 0.15) is 5.56 Å². The number of phenols is 1. The van der Waals surface area contributed by atoms with E-state index in [0.29, 0.717) is 0 Å². The predicted molar refractivity (Wildman–Crippen MR) is 82.5 cm³/mol. The summed E-state index contributed by atoms with van der Waals surface area (Å²) in [7, 11) is 3.72. The third kappa shape index (κ3) is 2.75. The van der Waals surface area contributed by atoms with Crippen molar-refractivity contribution in [1.82, 2.24) is 0 Å². The first-order chi connectivity index (χ1) is 10.2. The van der Waals surface area contributed by atoms with Gasteiger partial charge in [-0.2, -0.15) is 0 Å². The maximum atomic E-state index is 9.61. The summed E-state index contributed by atoms with van der Waals surface area (Å²) in [6, 6.07) is 13.2. The van der Waals surface area contributed by atoms with E-state index in [-0.39, 0.29) is 11.9 Å². The minimum atomic E-state index is 0.0283. The number of fused-ring (bicyclic) bond motifs is 1. The SMILES string of the molecule is COc1ccccc1CC1CN(C)c2ccc(O)cc2O1. The minimum Gasteiger partial charge on any atom is -0.508 e. The number of likely N-dealkylation sites (N-methyl/N-ethyl adjacent to an activating group) is 1. The maximum Gasteiger partial charge on any atom is 0.146 e. The molecule has 1 atom stereocenters. The molecule has 1 N–H and O–H groups in total. The van der Waals surface area contributed by atoms with E-state index < -0.39 is 0 Å². The first kappa shape index (κ1) is 13.6. The summed E-state index contributed by atoms with van der Waals surface area (Å²) in [6.45, 7) is 0.801. The van der Waals surface area contributed by atoms with Gasteiger partial charge in [-0.05, 0) is 23.8 Å². The fourth-order valence-electron chi connectivity index (χ4n) is 2.76. The Kier molecular flexibility index (Phi) is 3.60. The second-order valence-corrected chi connectivity index (χ2v) is 5.29. The summed E-state index contributed by atoms with van der Waals surface area (Å²) < 4.78 is 11.4. The molecule has 1 aliphatic rings. The first-order valence-corrected chi connectivity index (χ1v) is 7.00. The van der Waals surface area contributed by atoms with E-state index in [1.807, 2.05) is 31.3 Å². The molecule has 4 heteroatoms. The van der Waals surface area contributed by atoms with Gasteiger partial charge in [0.15, 0.2) is 0 Å². The molecule has 3 rings (SSSR count). The van der Waals surface area contributed by atoms with Crippen molar-refractivity contribution >= 4 is 5.69 Å². The van der Waals surface area contributed by atoms with Gasteiger partial charge in [0.1, 0.15) is 23.4 Å². The number of nitrogens with zero attached hydrogens (tertiary/aromatic N) is 1. The van der Waals surface area contributed by atoms with Gasteiger partial charge in [0.25, 0.3) is 0 Å². The van der Waals surface area contributed by atoms with Crippen LogP contribution in [0, 0.1) is 0 Å². The largest absolute Gasteiger partial charge is 0.508 e. The van der Waals surface area contributed by atoms with Crippen molar-refractivity contribution < 1.29 is 14.6 Å². The Labute approximate surface area is 124 Å². The lowest BCUT2D eigenvalue weighted by atomic mass is 10.0. The number of hydrogen-bond donors (Lipinski definition) is 1. The smallest absolute Gasteiger partial charge is 0.146 e. The van der Waals surface area contributed by atoms with Crippen LogP contribution in [0.25, 0.3) is 0 Å². The predicted octanol–water partition coefficient (Wildman–Crippen LogP) is 2.84. The topological polar surface area (TPSA) is 41.9 Å². The highest BCUT2D eigenvalue weighted by molar-refractivity contribution is 5.62. The molecular formula is C17H19NO3. The number of ether oxygens (including phenoxy) is 2. The van der Waals surface area contributed by atoms with Crippen molar-refractivity contribution in [2.24, 2.45) is 0 Å². The molecule has 0 aliphatic carbocycles. The van der Waals surface area contributed by atoms with Crippen molar-refractivity contribution in [3.63, 3.8) is 0 Å². The summed E-state index contributed by atoms with van der Waals surface area (Å²) in [5, 5.41) is 9.61. The molecule has 1 heterocycles. The number of anilines is 1. The maximum absolute atomic E-state index is 9.61. The molecule has 0 fully saturated rings. The molecule has 0 radical (unpaired) electrons. The highest BCUT2D eigenvalue weighted by Gasteiger charge is 2.24. The second-order valence-electron chi connectivity index (χ2n) is 5.29. The highest BCUT2D eigenvalue weighted by atomic mass is 16.5. The van der Waals surface area contributed by atoms with Crippen molar-refractivity contribution in [3.8, 4) is 17.2 Å². The van der Waals surface area contributed by atoms with E-state index >= 15 is 0 Å². The molecule has 110 valence electrons. The van der Waals surface area contributed by atoms with Crippen LogP contribution in [0.15, 0.2) is 42.5 Å². The molecule has 2 aromatic carbocycles. The third-order valence-corrected chi connectivity index (χ3v) is 3.77. The van der Waals surface area contributed by atoms with E-state index in [4.69, 9.17) is 9.47 Å². The minimum absolute atomic E-state index is 0.0283. The molecule has 0 saturated carbocycles. The summed E-state index contributed by atoms with van der Waals surface area (Å²) in [5.74, 6) is 1.83. The summed E-state index contributed by atoms with van der Waals surface area (Å²) in [4.78, 5) is 2.15. The van der Waals surface area contributed by atoms with Crippen LogP contribution < -0.4 is 14.4 Å². The molecule has 1 unspecified atom stereocenters. The van der Waals surface area contributed by atoms with Gasteiger partial charge in [0, 0.05) is 19.5 Å². The number of methoxy groups -OCH3 is 1. The fourth-order valence-corrected chi connectivity index (χ4v) is 2.76. The number of phenolic OH excluding ortho intramolecular Hbond substituents is 1. The molecule has 0 aromatic heterocycles. The monoisotopic (exact) mass is 285 g/mol. The molecule has 1 aliphatic heterocycles. The van der Waals surface area contributed by atoms with Gasteiger partial charge in [-0.3, -0.25) is 0 Å². The number of para-hydroxylation sites is 1. The van der Waals surface area contributed by atoms with E-state index in [0.717, 1.165) is 35.7 Å². The Morgan fingerprint density at radius 3 is 2.90 bits per heavy atom. The van der Waals surface area contributed by atoms with Gasteiger partial charge in [-0.15, -0.1) is 0 Å². The van der Waals surface area contributed by atoms with Gasteiger partial charge < -0.3 is 19.5 Å². The second kappa shape index (κ2) is 5.56. The zero-order valence-electron chi connectivity index (χ0n) is 12.2. The fraction of sp³-hybridized carbons (Fsp3) is 0.294. The van der Waals surface area contributed by atoms with Gasteiger partial charge in [-0.25, -0.2) is 0 Å². The van der Waals surface area contributed by atoms with Crippen molar-refractivity contribution in [3.05, 3.63) is 48.0 Å². The lowest BCUT2D eigenvalue weighted by molar-refractivity contribution is 0.194. The van der Waals surface area contributed by atoms with Crippen LogP contribution in [0.2, 0.25) is 0 Å². The Bertz CT molecular complexity index is 642. The Hall–Kier alpha value is -2.36. The van der Waals surface area contributed by atoms with Crippen LogP contribution in [0.4, 0.5) is 5.69 Å². The summed E-state index contributed by atoms with van der Waals surface area (Å²) in [6.07, 6.45) is 0.796. The average molecular weight is 285 g/mol. The van der Waals surface area contributed by atoms with Crippen molar-refractivity contribution in [1.29, 1.82) is 0 Å². The van der Waals surface area contributed by atoms with Crippen molar-refractivity contribution in [2.45, 2.75) is 12.5 Å². The molecule has 0 spiro atoms. The van der Waals surface area contributed by atoms with Crippen LogP contribution >= 0.6 is 0 Å². The molecule has 0 amide bonds. The number of rotatable bonds is 3. The molecule has 0 bridgehead atoms. The number of benzene rings is 2. The van der Waals surface area contributed by atoms with E-state index in [1.54, 1.807) is 19.2 Å². The van der Waals surface area contributed by atoms with E-state index in [2.05, 4.69) is 11.0 Å². The van der Waals surface area contributed by atoms with Crippen molar-refractivity contribution in [2.75, 3.05) is 25.6 Å². The van der Waals surface area contributed by atoms with Gasteiger partial charge in [-0.1, -0.05) is 18.2 Å². The van der Waals surface area contributed by atoms with Crippen LogP contribution in [0.5, 0.6) is 17.2 Å². The van der Waals surface area contributed by atoms with Gasteiger partial charge >= 0.3 is 0 Å². The molecule has 0 saturated heterocycles. The van der Waals surface area contributed by atoms with Gasteiger partial charge in [0.2, 0.25) is 0 Å².